The number of likely N-dealkylation sites (tertiary alicyclic amines) is 1. The summed E-state index contributed by atoms with van der Waals surface area (Å²) < 4.78 is 1.14. The van der Waals surface area contributed by atoms with Crippen molar-refractivity contribution in [1.29, 1.82) is 0 Å². The molecule has 0 saturated carbocycles. The summed E-state index contributed by atoms with van der Waals surface area (Å²) in [4.78, 5) is 9.49. The van der Waals surface area contributed by atoms with Crippen molar-refractivity contribution in [2.75, 3.05) is 44.7 Å². The molecule has 0 aliphatic carbocycles. The second kappa shape index (κ2) is 9.78. The quantitative estimate of drug-likeness (QED) is 0.549. The summed E-state index contributed by atoms with van der Waals surface area (Å²) in [6, 6.07) is 9.83. The van der Waals surface area contributed by atoms with Crippen molar-refractivity contribution >= 4 is 27.6 Å². The van der Waals surface area contributed by atoms with Crippen LogP contribution in [0, 0.1) is 5.92 Å². The fourth-order valence-electron chi connectivity index (χ4n) is 4.07. The van der Waals surface area contributed by atoms with E-state index in [1.165, 1.54) is 38.0 Å². The summed E-state index contributed by atoms with van der Waals surface area (Å²) in [7, 11) is 1.88. The number of rotatable bonds is 5. The first-order chi connectivity index (χ1) is 13.0. The van der Waals surface area contributed by atoms with Gasteiger partial charge < -0.3 is 20.4 Å². The lowest BCUT2D eigenvalue weighted by molar-refractivity contribution is 0.167. The van der Waals surface area contributed by atoms with Crippen LogP contribution in [0.5, 0.6) is 0 Å². The highest BCUT2D eigenvalue weighted by molar-refractivity contribution is 9.10. The van der Waals surface area contributed by atoms with Crippen molar-refractivity contribution in [3.63, 3.8) is 0 Å². The molecular formula is C21H34BrN5. The van der Waals surface area contributed by atoms with Gasteiger partial charge in [0, 0.05) is 62.0 Å². The number of guanidine groups is 1. The lowest BCUT2D eigenvalue weighted by atomic mass is 10.0. The molecule has 0 aromatic heterocycles. The molecule has 2 aliphatic heterocycles. The number of hydrogen-bond acceptors (Lipinski definition) is 3. The number of benzene rings is 1. The van der Waals surface area contributed by atoms with E-state index in [2.05, 4.69) is 79.5 Å². The van der Waals surface area contributed by atoms with Gasteiger partial charge in [0.15, 0.2) is 5.96 Å². The van der Waals surface area contributed by atoms with E-state index >= 15 is 0 Å². The van der Waals surface area contributed by atoms with Crippen LogP contribution in [0.25, 0.3) is 0 Å². The van der Waals surface area contributed by atoms with Crippen LogP contribution in [0.1, 0.15) is 33.1 Å². The maximum absolute atomic E-state index is 4.45. The van der Waals surface area contributed by atoms with Crippen LogP contribution in [0.15, 0.2) is 33.7 Å². The summed E-state index contributed by atoms with van der Waals surface area (Å²) in [5, 5.41) is 7.20. The monoisotopic (exact) mass is 435 g/mol. The SMILES string of the molecule is CN=C(NCC1CCN(c2ccc(Br)cc2)C1)NC1CCN(C(C)C)CC1. The summed E-state index contributed by atoms with van der Waals surface area (Å²) in [5.74, 6) is 1.62. The van der Waals surface area contributed by atoms with Crippen LogP contribution in [0.2, 0.25) is 0 Å². The Balaban J connectivity index is 1.40. The van der Waals surface area contributed by atoms with Gasteiger partial charge in [-0.1, -0.05) is 15.9 Å². The lowest BCUT2D eigenvalue weighted by Gasteiger charge is -2.35. The average Bonchev–Trinajstić information content (AvgIpc) is 3.15. The zero-order chi connectivity index (χ0) is 19.2. The molecule has 0 bridgehead atoms. The molecule has 150 valence electrons. The van der Waals surface area contributed by atoms with Gasteiger partial charge in [0.2, 0.25) is 0 Å². The zero-order valence-electron chi connectivity index (χ0n) is 16.9. The van der Waals surface area contributed by atoms with Gasteiger partial charge in [-0.2, -0.15) is 0 Å². The second-order valence-corrected chi connectivity index (χ2v) is 8.99. The molecule has 2 aliphatic rings. The maximum Gasteiger partial charge on any atom is 0.191 e. The van der Waals surface area contributed by atoms with Crippen molar-refractivity contribution in [3.8, 4) is 0 Å². The third kappa shape index (κ3) is 5.85. The van der Waals surface area contributed by atoms with Gasteiger partial charge in [0.25, 0.3) is 0 Å². The molecule has 0 spiro atoms. The van der Waals surface area contributed by atoms with Gasteiger partial charge >= 0.3 is 0 Å². The minimum absolute atomic E-state index is 0.536. The maximum atomic E-state index is 4.45. The first kappa shape index (κ1) is 20.5. The highest BCUT2D eigenvalue weighted by Crippen LogP contribution is 2.25. The van der Waals surface area contributed by atoms with Gasteiger partial charge in [-0.3, -0.25) is 4.99 Å². The van der Waals surface area contributed by atoms with E-state index in [0.717, 1.165) is 30.1 Å². The Hall–Kier alpha value is -1.27. The van der Waals surface area contributed by atoms with Crippen molar-refractivity contribution < 1.29 is 0 Å². The molecule has 2 heterocycles. The number of piperidine rings is 1. The standard InChI is InChI=1S/C21H34BrN5/c1-16(2)26-12-9-19(10-13-26)25-21(23-3)24-14-17-8-11-27(15-17)20-6-4-18(22)5-7-20/h4-7,16-17,19H,8-15H2,1-3H3,(H2,23,24,25). The Morgan fingerprint density at radius 1 is 1.15 bits per heavy atom. The second-order valence-electron chi connectivity index (χ2n) is 8.08. The Labute approximate surface area is 172 Å². The van der Waals surface area contributed by atoms with Crippen LogP contribution in [-0.4, -0.2) is 62.7 Å². The van der Waals surface area contributed by atoms with Crippen LogP contribution in [0.3, 0.4) is 0 Å². The summed E-state index contributed by atoms with van der Waals surface area (Å²) >= 11 is 3.51. The Morgan fingerprint density at radius 2 is 1.85 bits per heavy atom. The normalized spacial score (nSPS) is 22.5. The van der Waals surface area contributed by atoms with Crippen molar-refractivity contribution in [2.45, 2.75) is 45.2 Å². The van der Waals surface area contributed by atoms with Crippen LogP contribution < -0.4 is 15.5 Å². The molecule has 3 rings (SSSR count). The number of halogens is 1. The molecule has 6 heteroatoms. The van der Waals surface area contributed by atoms with Crippen LogP contribution >= 0.6 is 15.9 Å². The smallest absolute Gasteiger partial charge is 0.191 e. The zero-order valence-corrected chi connectivity index (χ0v) is 18.5. The van der Waals surface area contributed by atoms with Crippen molar-refractivity contribution in [2.24, 2.45) is 10.9 Å². The minimum atomic E-state index is 0.536. The topological polar surface area (TPSA) is 42.9 Å². The minimum Gasteiger partial charge on any atom is -0.371 e. The predicted molar refractivity (Wildman–Crippen MR) is 119 cm³/mol. The van der Waals surface area contributed by atoms with Gasteiger partial charge in [-0.15, -0.1) is 0 Å². The van der Waals surface area contributed by atoms with E-state index in [4.69, 9.17) is 0 Å². The molecule has 2 N–H and O–H groups in total. The summed E-state index contributed by atoms with van der Waals surface area (Å²) in [5.41, 5.74) is 1.32. The first-order valence-electron chi connectivity index (χ1n) is 10.3. The number of nitrogens with one attached hydrogen (secondary N) is 2. The molecule has 2 fully saturated rings. The third-order valence-electron chi connectivity index (χ3n) is 5.86. The highest BCUT2D eigenvalue weighted by Gasteiger charge is 2.24. The van der Waals surface area contributed by atoms with Crippen LogP contribution in [-0.2, 0) is 0 Å². The molecule has 27 heavy (non-hydrogen) atoms. The first-order valence-corrected chi connectivity index (χ1v) is 11.1. The van der Waals surface area contributed by atoms with Gasteiger partial charge in [0.05, 0.1) is 0 Å². The van der Waals surface area contributed by atoms with E-state index in [1.54, 1.807) is 0 Å². The molecule has 0 radical (unpaired) electrons. The van der Waals surface area contributed by atoms with Gasteiger partial charge in [-0.05, 0) is 63.3 Å². The molecule has 0 amide bonds. The van der Waals surface area contributed by atoms with E-state index in [-0.39, 0.29) is 0 Å². The number of hydrogen-bond donors (Lipinski definition) is 2. The fraction of sp³-hybridized carbons (Fsp3) is 0.667. The largest absolute Gasteiger partial charge is 0.371 e. The van der Waals surface area contributed by atoms with E-state index in [0.29, 0.717) is 18.0 Å². The molecule has 2 saturated heterocycles. The van der Waals surface area contributed by atoms with Gasteiger partial charge in [-0.25, -0.2) is 0 Å². The molecule has 1 aromatic rings. The van der Waals surface area contributed by atoms with Crippen LogP contribution in [0.4, 0.5) is 5.69 Å². The van der Waals surface area contributed by atoms with E-state index in [1.807, 2.05) is 7.05 Å². The van der Waals surface area contributed by atoms with Crippen molar-refractivity contribution in [3.05, 3.63) is 28.7 Å². The van der Waals surface area contributed by atoms with E-state index in [9.17, 15) is 0 Å². The summed E-state index contributed by atoms with van der Waals surface area (Å²) in [6.07, 6.45) is 3.62. The fourth-order valence-corrected chi connectivity index (χ4v) is 4.34. The highest BCUT2D eigenvalue weighted by atomic mass is 79.9. The molecule has 5 nitrogen and oxygen atoms in total. The van der Waals surface area contributed by atoms with Gasteiger partial charge in [0.1, 0.15) is 0 Å². The predicted octanol–water partition coefficient (Wildman–Crippen LogP) is 3.31. The summed E-state index contributed by atoms with van der Waals surface area (Å²) in [6.45, 7) is 10.2. The van der Waals surface area contributed by atoms with E-state index < -0.39 is 0 Å². The molecule has 1 unspecified atom stereocenters. The van der Waals surface area contributed by atoms with Crippen molar-refractivity contribution in [1.82, 2.24) is 15.5 Å². The Kier molecular flexibility index (Phi) is 7.41. The molecule has 1 aromatic carbocycles. The Morgan fingerprint density at radius 3 is 2.48 bits per heavy atom. The number of nitrogens with zero attached hydrogens (tertiary/aromatic N) is 3. The molecule has 1 atom stereocenters. The average molecular weight is 436 g/mol. The number of aliphatic imine (C=N–C) groups is 1. The lowest BCUT2D eigenvalue weighted by Crippen LogP contribution is -2.50. The molecular weight excluding hydrogens is 402 g/mol. The third-order valence-corrected chi connectivity index (χ3v) is 6.39. The number of anilines is 1. The Bertz CT molecular complexity index is 608.